The van der Waals surface area contributed by atoms with Crippen LogP contribution in [0.1, 0.15) is 26.3 Å². The Morgan fingerprint density at radius 1 is 1.30 bits per heavy atom. The number of nitriles is 1. The normalized spacial score (nSPS) is 13.2. The van der Waals surface area contributed by atoms with Crippen LogP contribution >= 0.6 is 0 Å². The molecule has 0 saturated heterocycles. The smallest absolute Gasteiger partial charge is 0.240 e. The highest BCUT2D eigenvalue weighted by molar-refractivity contribution is 7.89. The molecule has 1 aromatic carbocycles. The Morgan fingerprint density at radius 2 is 1.90 bits per heavy atom. The molecular formula is C14H20N2O3S. The van der Waals surface area contributed by atoms with Gasteiger partial charge in [-0.15, -0.1) is 0 Å². The van der Waals surface area contributed by atoms with Crippen molar-refractivity contribution < 1.29 is 13.2 Å². The fourth-order valence-corrected chi connectivity index (χ4v) is 2.95. The molecule has 0 heterocycles. The van der Waals surface area contributed by atoms with Gasteiger partial charge in [0.1, 0.15) is 0 Å². The van der Waals surface area contributed by atoms with Crippen molar-refractivity contribution >= 4 is 10.0 Å². The zero-order chi connectivity index (χ0) is 15.2. The summed E-state index contributed by atoms with van der Waals surface area (Å²) in [7, 11) is -3.60. The van der Waals surface area contributed by atoms with E-state index in [4.69, 9.17) is 10.00 Å². The fourth-order valence-electron chi connectivity index (χ4n) is 1.58. The first kappa shape index (κ1) is 16.6. The molecule has 0 saturated carbocycles. The van der Waals surface area contributed by atoms with Gasteiger partial charge in [-0.1, -0.05) is 13.8 Å². The molecule has 0 spiro atoms. The molecule has 0 aliphatic carbocycles. The van der Waals surface area contributed by atoms with Crippen molar-refractivity contribution in [2.45, 2.75) is 31.7 Å². The van der Waals surface area contributed by atoms with Crippen molar-refractivity contribution in [3.63, 3.8) is 0 Å². The van der Waals surface area contributed by atoms with Crippen molar-refractivity contribution in [3.05, 3.63) is 29.8 Å². The molecule has 1 aromatic rings. The molecule has 1 unspecified atom stereocenters. The van der Waals surface area contributed by atoms with Crippen LogP contribution in [-0.4, -0.2) is 27.7 Å². The van der Waals surface area contributed by atoms with Gasteiger partial charge in [0.2, 0.25) is 10.0 Å². The third-order valence-electron chi connectivity index (χ3n) is 2.91. The molecule has 0 bridgehead atoms. The maximum absolute atomic E-state index is 12.3. The van der Waals surface area contributed by atoms with Crippen LogP contribution < -0.4 is 4.72 Å². The highest BCUT2D eigenvalue weighted by Gasteiger charge is 2.22. The molecule has 0 fully saturated rings. The molecule has 6 heteroatoms. The lowest BCUT2D eigenvalue weighted by Crippen LogP contribution is -2.41. The second-order valence-corrected chi connectivity index (χ2v) is 6.48. The summed E-state index contributed by atoms with van der Waals surface area (Å²) in [5.74, 6) is 0.120. The van der Waals surface area contributed by atoms with E-state index < -0.39 is 10.0 Å². The molecule has 1 N–H and O–H groups in total. The minimum absolute atomic E-state index is 0.120. The second kappa shape index (κ2) is 7.39. The van der Waals surface area contributed by atoms with Gasteiger partial charge in [0.25, 0.3) is 0 Å². The summed E-state index contributed by atoms with van der Waals surface area (Å²) >= 11 is 0. The molecule has 0 aliphatic heterocycles. The molecule has 0 radical (unpaired) electrons. The lowest BCUT2D eigenvalue weighted by Gasteiger charge is -2.22. The summed E-state index contributed by atoms with van der Waals surface area (Å²) in [6.07, 6.45) is 0. The van der Waals surface area contributed by atoms with E-state index in [0.29, 0.717) is 18.8 Å². The number of hydrogen-bond acceptors (Lipinski definition) is 4. The lowest BCUT2D eigenvalue weighted by molar-refractivity contribution is 0.116. The van der Waals surface area contributed by atoms with E-state index in [9.17, 15) is 8.42 Å². The van der Waals surface area contributed by atoms with Crippen LogP contribution in [0.25, 0.3) is 0 Å². The molecule has 0 aromatic heterocycles. The predicted molar refractivity (Wildman–Crippen MR) is 76.6 cm³/mol. The third kappa shape index (κ3) is 4.60. The number of rotatable bonds is 7. The quantitative estimate of drug-likeness (QED) is 0.833. The van der Waals surface area contributed by atoms with Crippen LogP contribution in [0.5, 0.6) is 0 Å². The minimum atomic E-state index is -3.60. The van der Waals surface area contributed by atoms with Crippen LogP contribution in [0.3, 0.4) is 0 Å². The Morgan fingerprint density at radius 3 is 2.35 bits per heavy atom. The van der Waals surface area contributed by atoms with Crippen LogP contribution in [0, 0.1) is 17.2 Å². The van der Waals surface area contributed by atoms with Crippen LogP contribution in [0.15, 0.2) is 29.2 Å². The van der Waals surface area contributed by atoms with Crippen molar-refractivity contribution in [3.8, 4) is 6.07 Å². The first-order valence-corrected chi connectivity index (χ1v) is 7.99. The zero-order valence-electron chi connectivity index (χ0n) is 12.0. The number of nitrogens with zero attached hydrogens (tertiary/aromatic N) is 1. The molecule has 1 rings (SSSR count). The summed E-state index contributed by atoms with van der Waals surface area (Å²) < 4.78 is 32.5. The minimum Gasteiger partial charge on any atom is -0.380 e. The molecule has 5 nitrogen and oxygen atoms in total. The Bertz CT molecular complexity index is 559. The highest BCUT2D eigenvalue weighted by Crippen LogP contribution is 2.13. The van der Waals surface area contributed by atoms with Gasteiger partial charge in [0, 0.05) is 12.6 Å². The van der Waals surface area contributed by atoms with E-state index in [1.54, 1.807) is 0 Å². The van der Waals surface area contributed by atoms with Crippen molar-refractivity contribution in [1.82, 2.24) is 4.72 Å². The van der Waals surface area contributed by atoms with E-state index in [-0.39, 0.29) is 16.9 Å². The van der Waals surface area contributed by atoms with Crippen molar-refractivity contribution in [2.24, 2.45) is 5.92 Å². The molecule has 0 aliphatic rings. The molecular weight excluding hydrogens is 276 g/mol. The summed E-state index contributed by atoms with van der Waals surface area (Å²) in [6.45, 7) is 6.62. The van der Waals surface area contributed by atoms with E-state index in [0.717, 1.165) is 0 Å². The van der Waals surface area contributed by atoms with Crippen molar-refractivity contribution in [2.75, 3.05) is 13.2 Å². The van der Waals surface area contributed by atoms with Gasteiger partial charge in [0.05, 0.1) is 23.1 Å². The monoisotopic (exact) mass is 296 g/mol. The van der Waals surface area contributed by atoms with E-state index in [1.165, 1.54) is 24.3 Å². The second-order valence-electron chi connectivity index (χ2n) is 4.77. The number of sulfonamides is 1. The summed E-state index contributed by atoms with van der Waals surface area (Å²) in [4.78, 5) is 0.152. The van der Waals surface area contributed by atoms with E-state index in [1.807, 2.05) is 26.8 Å². The average Bonchev–Trinajstić information content (AvgIpc) is 2.43. The van der Waals surface area contributed by atoms with Crippen molar-refractivity contribution in [1.29, 1.82) is 5.26 Å². The number of benzene rings is 1. The SMILES string of the molecule is CCOCC(NS(=O)(=O)c1ccc(C#N)cc1)C(C)C. The summed E-state index contributed by atoms with van der Waals surface area (Å²) in [5, 5.41) is 8.72. The van der Waals surface area contributed by atoms with Gasteiger partial charge in [-0.3, -0.25) is 0 Å². The van der Waals surface area contributed by atoms with E-state index >= 15 is 0 Å². The van der Waals surface area contributed by atoms with Crippen LogP contribution in [0.4, 0.5) is 0 Å². The Hall–Kier alpha value is -1.42. The number of hydrogen-bond donors (Lipinski definition) is 1. The van der Waals surface area contributed by atoms with Crippen LogP contribution in [-0.2, 0) is 14.8 Å². The Balaban J connectivity index is 2.88. The molecule has 0 amide bonds. The maximum atomic E-state index is 12.3. The average molecular weight is 296 g/mol. The highest BCUT2D eigenvalue weighted by atomic mass is 32.2. The van der Waals surface area contributed by atoms with Gasteiger partial charge in [-0.2, -0.15) is 5.26 Å². The molecule has 110 valence electrons. The van der Waals surface area contributed by atoms with E-state index in [2.05, 4.69) is 4.72 Å². The first-order chi connectivity index (χ1) is 9.40. The Labute approximate surface area is 120 Å². The fraction of sp³-hybridized carbons (Fsp3) is 0.500. The summed E-state index contributed by atoms with van der Waals surface area (Å²) in [5.41, 5.74) is 0.429. The van der Waals surface area contributed by atoms with Gasteiger partial charge in [-0.05, 0) is 37.1 Å². The standard InChI is InChI=1S/C14H20N2O3S/c1-4-19-10-14(11(2)3)16-20(17,18)13-7-5-12(9-15)6-8-13/h5-8,11,14,16H,4,10H2,1-3H3. The van der Waals surface area contributed by atoms with Gasteiger partial charge < -0.3 is 4.74 Å². The third-order valence-corrected chi connectivity index (χ3v) is 4.41. The number of nitrogens with one attached hydrogen (secondary N) is 1. The van der Waals surface area contributed by atoms with Crippen LogP contribution in [0.2, 0.25) is 0 Å². The zero-order valence-corrected chi connectivity index (χ0v) is 12.8. The maximum Gasteiger partial charge on any atom is 0.240 e. The summed E-state index contributed by atoms with van der Waals surface area (Å²) in [6, 6.07) is 7.51. The van der Waals surface area contributed by atoms with Gasteiger partial charge in [0.15, 0.2) is 0 Å². The largest absolute Gasteiger partial charge is 0.380 e. The molecule has 1 atom stereocenters. The van der Waals surface area contributed by atoms with Gasteiger partial charge in [-0.25, -0.2) is 13.1 Å². The number of ether oxygens (including phenoxy) is 1. The Kier molecular flexibility index (Phi) is 6.14. The molecule has 20 heavy (non-hydrogen) atoms. The van der Waals surface area contributed by atoms with Gasteiger partial charge >= 0.3 is 0 Å². The lowest BCUT2D eigenvalue weighted by atomic mass is 10.1. The first-order valence-electron chi connectivity index (χ1n) is 6.51. The predicted octanol–water partition coefficient (Wildman–Crippen LogP) is 1.90. The topological polar surface area (TPSA) is 79.2 Å².